The lowest BCUT2D eigenvalue weighted by molar-refractivity contribution is -0.117. The molecular weight excluding hydrogens is 429 g/mol. The number of carbonyl (C=O) groups is 1. The van der Waals surface area contributed by atoms with Crippen LogP contribution in [0.5, 0.6) is 0 Å². The summed E-state index contributed by atoms with van der Waals surface area (Å²) in [5.41, 5.74) is 3.83. The Hall–Kier alpha value is -3.08. The van der Waals surface area contributed by atoms with Gasteiger partial charge in [0.25, 0.3) is 0 Å². The van der Waals surface area contributed by atoms with Gasteiger partial charge in [0.05, 0.1) is 27.1 Å². The molecule has 1 atom stereocenters. The van der Waals surface area contributed by atoms with Gasteiger partial charge in [-0.25, -0.2) is 4.98 Å². The van der Waals surface area contributed by atoms with Gasteiger partial charge in [0.2, 0.25) is 5.91 Å². The number of benzene rings is 3. The van der Waals surface area contributed by atoms with Crippen LogP contribution in [0.25, 0.3) is 17.1 Å². The fourth-order valence-electron chi connectivity index (χ4n) is 3.47. The van der Waals surface area contributed by atoms with E-state index in [-0.39, 0.29) is 11.9 Å². The Kier molecular flexibility index (Phi) is 6.40. The predicted octanol–water partition coefficient (Wildman–Crippen LogP) is 6.28. The Labute approximate surface area is 191 Å². The number of carbonyl (C=O) groups excluding carboxylic acids is 1. The van der Waals surface area contributed by atoms with Crippen molar-refractivity contribution in [3.63, 3.8) is 0 Å². The second kappa shape index (κ2) is 9.38. The molecule has 6 heteroatoms. The Morgan fingerprint density at radius 1 is 1.03 bits per heavy atom. The third-order valence-electron chi connectivity index (χ3n) is 4.98. The van der Waals surface area contributed by atoms with E-state index >= 15 is 0 Å². The van der Waals surface area contributed by atoms with E-state index < -0.39 is 0 Å². The summed E-state index contributed by atoms with van der Waals surface area (Å²) in [6.45, 7) is 2.49. The maximum absolute atomic E-state index is 12.5. The van der Waals surface area contributed by atoms with E-state index in [9.17, 15) is 4.79 Å². The SMILES string of the molecule is CC(NC(=O)/C=C\c1ccccc1)c1nc2ccccc2n1Cc1ccc(Cl)c(Cl)c1. The zero-order chi connectivity index (χ0) is 21.8. The molecule has 0 saturated carbocycles. The molecule has 1 N–H and O–H groups in total. The molecule has 0 spiro atoms. The van der Waals surface area contributed by atoms with E-state index in [1.165, 1.54) is 6.08 Å². The maximum Gasteiger partial charge on any atom is 0.244 e. The molecule has 0 aliphatic rings. The molecule has 4 rings (SSSR count). The Morgan fingerprint density at radius 2 is 1.77 bits per heavy atom. The van der Waals surface area contributed by atoms with Gasteiger partial charge in [0, 0.05) is 12.6 Å². The summed E-state index contributed by atoms with van der Waals surface area (Å²) < 4.78 is 2.10. The van der Waals surface area contributed by atoms with Gasteiger partial charge in [-0.2, -0.15) is 0 Å². The first-order valence-electron chi connectivity index (χ1n) is 9.94. The molecule has 0 aliphatic heterocycles. The first-order chi connectivity index (χ1) is 15.0. The zero-order valence-corrected chi connectivity index (χ0v) is 18.4. The van der Waals surface area contributed by atoms with Crippen LogP contribution in [0.4, 0.5) is 0 Å². The molecule has 1 amide bonds. The Balaban J connectivity index is 1.60. The average molecular weight is 450 g/mol. The molecule has 3 aromatic carbocycles. The number of imidazole rings is 1. The molecule has 0 fully saturated rings. The third kappa shape index (κ3) is 4.98. The molecule has 1 heterocycles. The highest BCUT2D eigenvalue weighted by Gasteiger charge is 2.18. The van der Waals surface area contributed by atoms with E-state index in [0.717, 1.165) is 28.0 Å². The highest BCUT2D eigenvalue weighted by Crippen LogP contribution is 2.26. The second-order valence-corrected chi connectivity index (χ2v) is 8.08. The van der Waals surface area contributed by atoms with Gasteiger partial charge >= 0.3 is 0 Å². The van der Waals surface area contributed by atoms with Crippen LogP contribution in [0.1, 0.15) is 29.9 Å². The molecule has 0 radical (unpaired) electrons. The van der Waals surface area contributed by atoms with Crippen molar-refractivity contribution in [2.24, 2.45) is 0 Å². The van der Waals surface area contributed by atoms with E-state index in [2.05, 4.69) is 9.88 Å². The molecule has 0 bridgehead atoms. The van der Waals surface area contributed by atoms with Crippen molar-refractivity contribution >= 4 is 46.2 Å². The van der Waals surface area contributed by atoms with Gasteiger partial charge in [0.15, 0.2) is 0 Å². The number of amides is 1. The Bertz CT molecular complexity index is 1250. The topological polar surface area (TPSA) is 46.9 Å². The summed E-state index contributed by atoms with van der Waals surface area (Å²) >= 11 is 12.3. The maximum atomic E-state index is 12.5. The molecule has 1 unspecified atom stereocenters. The van der Waals surface area contributed by atoms with Crippen molar-refractivity contribution in [3.05, 3.63) is 106 Å². The molecule has 1 aromatic heterocycles. The van der Waals surface area contributed by atoms with Crippen LogP contribution in [0.15, 0.2) is 78.9 Å². The monoisotopic (exact) mass is 449 g/mol. The zero-order valence-electron chi connectivity index (χ0n) is 16.9. The normalized spacial score (nSPS) is 12.4. The van der Waals surface area contributed by atoms with Gasteiger partial charge in [-0.05, 0) is 48.4 Å². The number of halogens is 2. The van der Waals surface area contributed by atoms with Gasteiger partial charge in [0.1, 0.15) is 5.82 Å². The highest BCUT2D eigenvalue weighted by molar-refractivity contribution is 6.42. The standard InChI is InChI=1S/C25H21Cl2N3O/c1-17(28-24(31)14-12-18-7-3-2-4-8-18)25-29-22-9-5-6-10-23(22)30(25)16-19-11-13-20(26)21(27)15-19/h2-15,17H,16H2,1H3,(H,28,31)/b14-12-. The fourth-order valence-corrected chi connectivity index (χ4v) is 3.79. The second-order valence-electron chi connectivity index (χ2n) is 7.27. The quantitative estimate of drug-likeness (QED) is 0.352. The lowest BCUT2D eigenvalue weighted by Crippen LogP contribution is -2.27. The number of nitrogens with zero attached hydrogens (tertiary/aromatic N) is 2. The first-order valence-corrected chi connectivity index (χ1v) is 10.7. The van der Waals surface area contributed by atoms with Crippen LogP contribution in [0.2, 0.25) is 10.0 Å². The Morgan fingerprint density at radius 3 is 2.55 bits per heavy atom. The summed E-state index contributed by atoms with van der Waals surface area (Å²) in [6.07, 6.45) is 3.33. The molecular formula is C25H21Cl2N3O. The van der Waals surface area contributed by atoms with Crippen LogP contribution in [-0.2, 0) is 11.3 Å². The number of hydrogen-bond acceptors (Lipinski definition) is 2. The van der Waals surface area contributed by atoms with Gasteiger partial charge in [-0.15, -0.1) is 0 Å². The van der Waals surface area contributed by atoms with Crippen molar-refractivity contribution in [1.29, 1.82) is 0 Å². The molecule has 0 saturated heterocycles. The average Bonchev–Trinajstić information content (AvgIpc) is 3.14. The lowest BCUT2D eigenvalue weighted by atomic mass is 10.2. The van der Waals surface area contributed by atoms with Crippen molar-refractivity contribution < 1.29 is 4.79 Å². The van der Waals surface area contributed by atoms with E-state index in [0.29, 0.717) is 16.6 Å². The van der Waals surface area contributed by atoms with E-state index in [4.69, 9.17) is 28.2 Å². The minimum Gasteiger partial charge on any atom is -0.343 e. The minimum absolute atomic E-state index is 0.176. The van der Waals surface area contributed by atoms with Crippen molar-refractivity contribution in [1.82, 2.24) is 14.9 Å². The summed E-state index contributed by atoms with van der Waals surface area (Å²) in [5, 5.41) is 4.05. The molecule has 4 nitrogen and oxygen atoms in total. The number of aromatic nitrogens is 2. The van der Waals surface area contributed by atoms with Crippen LogP contribution < -0.4 is 5.32 Å². The largest absolute Gasteiger partial charge is 0.343 e. The van der Waals surface area contributed by atoms with Crippen molar-refractivity contribution in [2.75, 3.05) is 0 Å². The van der Waals surface area contributed by atoms with Crippen LogP contribution >= 0.6 is 23.2 Å². The summed E-state index contributed by atoms with van der Waals surface area (Å²) in [5.74, 6) is 0.596. The molecule has 4 aromatic rings. The fraction of sp³-hybridized carbons (Fsp3) is 0.120. The third-order valence-corrected chi connectivity index (χ3v) is 5.72. The van der Waals surface area contributed by atoms with Crippen LogP contribution in [0.3, 0.4) is 0 Å². The molecule has 31 heavy (non-hydrogen) atoms. The number of hydrogen-bond donors (Lipinski definition) is 1. The number of para-hydroxylation sites is 2. The molecule has 156 valence electrons. The van der Waals surface area contributed by atoms with E-state index in [1.807, 2.05) is 73.7 Å². The van der Waals surface area contributed by atoms with Gasteiger partial charge < -0.3 is 9.88 Å². The smallest absolute Gasteiger partial charge is 0.244 e. The van der Waals surface area contributed by atoms with Crippen molar-refractivity contribution in [2.45, 2.75) is 19.5 Å². The summed E-state index contributed by atoms with van der Waals surface area (Å²) in [7, 11) is 0. The van der Waals surface area contributed by atoms with Gasteiger partial charge in [-0.3, -0.25) is 4.79 Å². The first kappa shape index (κ1) is 21.2. The van der Waals surface area contributed by atoms with E-state index in [1.54, 1.807) is 12.1 Å². The molecule has 0 aliphatic carbocycles. The van der Waals surface area contributed by atoms with Crippen LogP contribution in [-0.4, -0.2) is 15.5 Å². The summed E-state index contributed by atoms with van der Waals surface area (Å²) in [4.78, 5) is 17.3. The van der Waals surface area contributed by atoms with Gasteiger partial charge in [-0.1, -0.05) is 71.7 Å². The highest BCUT2D eigenvalue weighted by atomic mass is 35.5. The lowest BCUT2D eigenvalue weighted by Gasteiger charge is -2.16. The van der Waals surface area contributed by atoms with Crippen LogP contribution in [0, 0.1) is 0 Å². The summed E-state index contributed by atoms with van der Waals surface area (Å²) in [6, 6.07) is 22.9. The number of fused-ring (bicyclic) bond motifs is 1. The number of rotatable bonds is 6. The number of nitrogens with one attached hydrogen (secondary N) is 1. The predicted molar refractivity (Wildman–Crippen MR) is 127 cm³/mol. The minimum atomic E-state index is -0.289. The van der Waals surface area contributed by atoms with Crippen molar-refractivity contribution in [3.8, 4) is 0 Å².